The summed E-state index contributed by atoms with van der Waals surface area (Å²) < 4.78 is 0. The van der Waals surface area contributed by atoms with Crippen LogP contribution in [0.25, 0.3) is 0 Å². The number of carbonyl (C=O) groups is 1. The Balaban J connectivity index is 2.55. The van der Waals surface area contributed by atoms with Gasteiger partial charge < -0.3 is 25.2 Å². The first-order valence-electron chi connectivity index (χ1n) is 5.45. The summed E-state index contributed by atoms with van der Waals surface area (Å²) in [7, 11) is 2.33. The van der Waals surface area contributed by atoms with Gasteiger partial charge >= 0.3 is 0 Å². The number of aldehydes is 1. The fourth-order valence-electron chi connectivity index (χ4n) is 1.21. The average molecular weight is 305 g/mol. The second-order valence-electron chi connectivity index (χ2n) is 3.68. The van der Waals surface area contributed by atoms with Crippen molar-refractivity contribution < 1.29 is 25.2 Å². The third-order valence-electron chi connectivity index (χ3n) is 2.29. The van der Waals surface area contributed by atoms with Crippen molar-refractivity contribution in [1.29, 1.82) is 0 Å². The molecule has 4 N–H and O–H groups in total. The summed E-state index contributed by atoms with van der Waals surface area (Å²) in [4.78, 5) is 14.4. The highest BCUT2D eigenvalue weighted by Crippen LogP contribution is 2.35. The number of nitrogens with zero attached hydrogens (tertiary/aromatic N) is 1. The van der Waals surface area contributed by atoms with E-state index in [1.807, 2.05) is 0 Å². The Labute approximate surface area is 118 Å². The van der Waals surface area contributed by atoms with E-state index in [1.54, 1.807) is 24.4 Å². The van der Waals surface area contributed by atoms with Crippen LogP contribution in [0, 0.1) is 0 Å². The minimum absolute atomic E-state index is 0.138. The quantitative estimate of drug-likeness (QED) is 0.374. The number of aliphatic hydroxyl groups excluding tert-OH is 4. The van der Waals surface area contributed by atoms with E-state index < -0.39 is 30.2 Å². The molecule has 1 heterocycles. The van der Waals surface area contributed by atoms with Gasteiger partial charge in [0.2, 0.25) is 0 Å². The number of hydrogen-bond donors (Lipinski definition) is 4. The fourth-order valence-corrected chi connectivity index (χ4v) is 3.49. The van der Waals surface area contributed by atoms with Crippen LogP contribution >= 0.6 is 21.6 Å². The van der Waals surface area contributed by atoms with Crippen LogP contribution in [0.2, 0.25) is 0 Å². The lowest BCUT2D eigenvalue weighted by Gasteiger charge is -2.25. The maximum atomic E-state index is 10.3. The largest absolute Gasteiger partial charge is 0.395 e. The van der Waals surface area contributed by atoms with E-state index in [1.165, 1.54) is 10.8 Å². The Kier molecular flexibility index (Phi) is 7.36. The molecule has 0 saturated heterocycles. The molecule has 4 atom stereocenters. The van der Waals surface area contributed by atoms with E-state index in [4.69, 9.17) is 5.11 Å². The van der Waals surface area contributed by atoms with Gasteiger partial charge in [0.25, 0.3) is 0 Å². The Bertz CT molecular complexity index is 381. The van der Waals surface area contributed by atoms with Crippen LogP contribution in [-0.4, -0.2) is 61.9 Å². The van der Waals surface area contributed by atoms with Crippen LogP contribution < -0.4 is 0 Å². The van der Waals surface area contributed by atoms with Crippen molar-refractivity contribution in [1.82, 2.24) is 4.98 Å². The van der Waals surface area contributed by atoms with E-state index >= 15 is 0 Å². The number of aliphatic hydroxyl groups is 4. The van der Waals surface area contributed by atoms with Crippen molar-refractivity contribution in [3.8, 4) is 0 Å². The van der Waals surface area contributed by atoms with Crippen LogP contribution in [0.1, 0.15) is 0 Å². The van der Waals surface area contributed by atoms with Crippen LogP contribution in [0.5, 0.6) is 0 Å². The molecule has 0 aromatic carbocycles. The first-order chi connectivity index (χ1) is 9.10. The van der Waals surface area contributed by atoms with Gasteiger partial charge in [-0.1, -0.05) is 16.9 Å². The molecule has 1 aromatic heterocycles. The maximum absolute atomic E-state index is 10.3. The van der Waals surface area contributed by atoms with Crippen LogP contribution in [0.4, 0.5) is 0 Å². The lowest BCUT2D eigenvalue weighted by atomic mass is 10.1. The third kappa shape index (κ3) is 5.09. The van der Waals surface area contributed by atoms with Crippen molar-refractivity contribution >= 4 is 27.9 Å². The number of rotatable bonds is 8. The highest BCUT2D eigenvalue weighted by molar-refractivity contribution is 8.76. The summed E-state index contributed by atoms with van der Waals surface area (Å²) in [6, 6.07) is 5.32. The second kappa shape index (κ2) is 8.51. The Morgan fingerprint density at radius 1 is 1.26 bits per heavy atom. The number of pyridine rings is 1. The van der Waals surface area contributed by atoms with Crippen molar-refractivity contribution in [2.45, 2.75) is 28.6 Å². The molecule has 0 aliphatic heterocycles. The van der Waals surface area contributed by atoms with Crippen molar-refractivity contribution in [3.05, 3.63) is 24.4 Å². The van der Waals surface area contributed by atoms with Crippen molar-refractivity contribution in [2.75, 3.05) is 6.61 Å². The standard InChI is InChI=1S/C11H15NO5S2/c13-5-7(15)10(16)11(17)8(6-14)18-19-9-3-1-2-4-12-9/h1-5,7-8,10-11,14-17H,6H2. The Morgan fingerprint density at radius 2 is 2.00 bits per heavy atom. The van der Waals surface area contributed by atoms with Gasteiger partial charge in [-0.25, -0.2) is 4.98 Å². The first kappa shape index (κ1) is 16.4. The van der Waals surface area contributed by atoms with Gasteiger partial charge in [-0.2, -0.15) is 0 Å². The van der Waals surface area contributed by atoms with Gasteiger partial charge in [-0.3, -0.25) is 0 Å². The normalized spacial score (nSPS) is 17.5. The lowest BCUT2D eigenvalue weighted by Crippen LogP contribution is -2.44. The van der Waals surface area contributed by atoms with Crippen LogP contribution in [0.3, 0.4) is 0 Å². The molecular formula is C11H15NO5S2. The topological polar surface area (TPSA) is 111 Å². The van der Waals surface area contributed by atoms with Gasteiger partial charge in [0.15, 0.2) is 6.29 Å². The second-order valence-corrected chi connectivity index (χ2v) is 6.14. The molecule has 4 unspecified atom stereocenters. The lowest BCUT2D eigenvalue weighted by molar-refractivity contribution is -0.126. The summed E-state index contributed by atoms with van der Waals surface area (Å²) in [5, 5.41) is 37.5. The minimum Gasteiger partial charge on any atom is -0.395 e. The number of aromatic nitrogens is 1. The monoisotopic (exact) mass is 305 g/mol. The molecule has 0 amide bonds. The summed E-state index contributed by atoms with van der Waals surface area (Å²) in [5.41, 5.74) is 0. The molecule has 19 heavy (non-hydrogen) atoms. The number of hydrogen-bond acceptors (Lipinski definition) is 8. The molecule has 6 nitrogen and oxygen atoms in total. The zero-order valence-corrected chi connectivity index (χ0v) is 11.5. The minimum atomic E-state index is -1.68. The van der Waals surface area contributed by atoms with E-state index in [-0.39, 0.29) is 6.29 Å². The molecule has 0 fully saturated rings. The molecule has 0 bridgehead atoms. The highest BCUT2D eigenvalue weighted by atomic mass is 33.1. The average Bonchev–Trinajstić information content (AvgIpc) is 2.47. The molecule has 0 aliphatic carbocycles. The first-order valence-corrected chi connectivity index (χ1v) is 7.66. The van der Waals surface area contributed by atoms with Crippen molar-refractivity contribution in [2.24, 2.45) is 0 Å². The van der Waals surface area contributed by atoms with E-state index in [9.17, 15) is 20.1 Å². The maximum Gasteiger partial charge on any atom is 0.151 e. The molecular weight excluding hydrogens is 290 g/mol. The smallest absolute Gasteiger partial charge is 0.151 e. The van der Waals surface area contributed by atoms with E-state index in [0.29, 0.717) is 5.03 Å². The summed E-state index contributed by atoms with van der Waals surface area (Å²) in [6.07, 6.45) is -2.99. The molecule has 0 radical (unpaired) electrons. The van der Waals surface area contributed by atoms with Gasteiger partial charge in [-0.15, -0.1) is 0 Å². The van der Waals surface area contributed by atoms with Crippen molar-refractivity contribution in [3.63, 3.8) is 0 Å². The molecule has 0 saturated carbocycles. The Hall–Kier alpha value is -0.640. The van der Waals surface area contributed by atoms with Crippen LogP contribution in [0.15, 0.2) is 29.4 Å². The predicted octanol–water partition coefficient (Wildman–Crippen LogP) is -0.536. The molecule has 8 heteroatoms. The zero-order valence-electron chi connectivity index (χ0n) is 9.86. The third-order valence-corrected chi connectivity index (χ3v) is 5.02. The number of carbonyl (C=O) groups excluding carboxylic acids is 1. The molecule has 106 valence electrons. The summed E-state index contributed by atoms with van der Waals surface area (Å²) >= 11 is 0. The van der Waals surface area contributed by atoms with E-state index in [0.717, 1.165) is 10.8 Å². The van der Waals surface area contributed by atoms with Gasteiger partial charge in [0, 0.05) is 6.20 Å². The SMILES string of the molecule is O=CC(O)C(O)C(O)C(CO)SSc1ccccn1. The summed E-state index contributed by atoms with van der Waals surface area (Å²) in [6.45, 7) is -0.408. The summed E-state index contributed by atoms with van der Waals surface area (Å²) in [5.74, 6) is 0. The molecule has 1 aromatic rings. The Morgan fingerprint density at radius 3 is 2.53 bits per heavy atom. The fraction of sp³-hybridized carbons (Fsp3) is 0.455. The van der Waals surface area contributed by atoms with Gasteiger partial charge in [-0.05, 0) is 22.9 Å². The van der Waals surface area contributed by atoms with Gasteiger partial charge in [0.05, 0.1) is 18.0 Å². The predicted molar refractivity (Wildman–Crippen MR) is 72.6 cm³/mol. The van der Waals surface area contributed by atoms with Crippen LogP contribution in [-0.2, 0) is 4.79 Å². The zero-order chi connectivity index (χ0) is 14.3. The molecule has 1 rings (SSSR count). The highest BCUT2D eigenvalue weighted by Gasteiger charge is 2.31. The van der Waals surface area contributed by atoms with E-state index in [2.05, 4.69) is 4.98 Å². The van der Waals surface area contributed by atoms with Gasteiger partial charge in [0.1, 0.15) is 17.2 Å². The molecule has 0 spiro atoms. The molecule has 0 aliphatic rings.